The van der Waals surface area contributed by atoms with Crippen molar-refractivity contribution in [2.24, 2.45) is 5.73 Å². The van der Waals surface area contributed by atoms with Crippen molar-refractivity contribution < 1.29 is 23.7 Å². The molecule has 1 heterocycles. The number of nitriles is 1. The molecule has 0 aliphatic carbocycles. The number of hydrogen-bond acceptors (Lipinski definition) is 7. The molecular weight excluding hydrogens is 480 g/mol. The highest BCUT2D eigenvalue weighted by Crippen LogP contribution is 2.43. The van der Waals surface area contributed by atoms with Crippen LogP contribution in [0.2, 0.25) is 5.02 Å². The number of allylic oxidation sites excluding steroid dienone is 1. The molecule has 8 heteroatoms. The Balaban J connectivity index is 1.50. The largest absolute Gasteiger partial charge is 0.494 e. The van der Waals surface area contributed by atoms with E-state index in [1.807, 2.05) is 24.3 Å². The maximum absolute atomic E-state index is 12.3. The van der Waals surface area contributed by atoms with E-state index in [-0.39, 0.29) is 18.2 Å². The van der Waals surface area contributed by atoms with E-state index in [4.69, 9.17) is 36.3 Å². The summed E-state index contributed by atoms with van der Waals surface area (Å²) in [4.78, 5) is 12.3. The average molecular weight is 505 g/mol. The van der Waals surface area contributed by atoms with Gasteiger partial charge in [0.05, 0.1) is 12.5 Å². The number of carbonyl (C=O) groups is 1. The third kappa shape index (κ3) is 5.91. The smallest absolute Gasteiger partial charge is 0.349 e. The molecular formula is C28H25ClN2O5. The van der Waals surface area contributed by atoms with Gasteiger partial charge in [-0.3, -0.25) is 0 Å². The number of unbranched alkanes of at least 4 members (excludes halogenated alkanes) is 1. The Labute approximate surface area is 214 Å². The number of fused-ring (bicyclic) bond motifs is 1. The lowest BCUT2D eigenvalue weighted by molar-refractivity contribution is -0.136. The second kappa shape index (κ2) is 11.5. The van der Waals surface area contributed by atoms with Crippen LogP contribution in [0.3, 0.4) is 0 Å². The highest BCUT2D eigenvalue weighted by Gasteiger charge is 2.31. The molecule has 7 nitrogen and oxygen atoms in total. The first kappa shape index (κ1) is 25.0. The van der Waals surface area contributed by atoms with E-state index in [0.29, 0.717) is 28.7 Å². The van der Waals surface area contributed by atoms with Crippen LogP contribution in [0.4, 0.5) is 0 Å². The number of hydrogen-bond donors (Lipinski definition) is 1. The molecule has 0 fully saturated rings. The molecule has 0 amide bonds. The summed E-state index contributed by atoms with van der Waals surface area (Å²) in [5.74, 6) is 0.926. The molecule has 0 bridgehead atoms. The van der Waals surface area contributed by atoms with Crippen molar-refractivity contribution in [1.82, 2.24) is 0 Å². The lowest BCUT2D eigenvalue weighted by atomic mass is 9.83. The van der Waals surface area contributed by atoms with Crippen LogP contribution in [0.5, 0.6) is 23.0 Å². The molecule has 1 aliphatic heterocycles. The van der Waals surface area contributed by atoms with E-state index in [1.54, 1.807) is 42.5 Å². The molecule has 36 heavy (non-hydrogen) atoms. The van der Waals surface area contributed by atoms with Gasteiger partial charge in [-0.05, 0) is 54.4 Å². The monoisotopic (exact) mass is 504 g/mol. The summed E-state index contributed by atoms with van der Waals surface area (Å²) in [6, 6.07) is 21.4. The first-order chi connectivity index (χ1) is 17.5. The summed E-state index contributed by atoms with van der Waals surface area (Å²) in [5.41, 5.74) is 8.00. The van der Waals surface area contributed by atoms with Gasteiger partial charge in [0, 0.05) is 16.7 Å². The van der Waals surface area contributed by atoms with Crippen molar-refractivity contribution in [3.8, 4) is 29.1 Å². The Kier molecular flexibility index (Phi) is 7.99. The second-order valence-electron chi connectivity index (χ2n) is 8.11. The number of carbonyl (C=O) groups excluding carboxylic acids is 1. The summed E-state index contributed by atoms with van der Waals surface area (Å²) in [6.45, 7) is 2.48. The van der Waals surface area contributed by atoms with Gasteiger partial charge in [0.2, 0.25) is 5.88 Å². The summed E-state index contributed by atoms with van der Waals surface area (Å²) in [6.07, 6.45) is 2.03. The zero-order valence-corrected chi connectivity index (χ0v) is 20.5. The lowest BCUT2D eigenvalue weighted by Gasteiger charge is -2.26. The Morgan fingerprint density at radius 1 is 1.03 bits per heavy atom. The first-order valence-corrected chi connectivity index (χ1v) is 11.9. The maximum atomic E-state index is 12.3. The van der Waals surface area contributed by atoms with Crippen molar-refractivity contribution in [1.29, 1.82) is 5.26 Å². The van der Waals surface area contributed by atoms with Gasteiger partial charge >= 0.3 is 5.97 Å². The SMILES string of the molecule is CCCCOc1ccc(C2C(C#N)=C(N)Oc3cc(OC(=O)COc4ccc(Cl)cc4)ccc32)cc1. The van der Waals surface area contributed by atoms with Gasteiger partial charge in [-0.1, -0.05) is 43.1 Å². The minimum absolute atomic E-state index is 0.00724. The fourth-order valence-electron chi connectivity index (χ4n) is 3.77. The third-order valence-electron chi connectivity index (χ3n) is 5.57. The van der Waals surface area contributed by atoms with E-state index in [1.165, 1.54) is 0 Å². The van der Waals surface area contributed by atoms with Gasteiger partial charge in [-0.25, -0.2) is 4.79 Å². The second-order valence-corrected chi connectivity index (χ2v) is 8.55. The number of nitrogens with zero attached hydrogens (tertiary/aromatic N) is 1. The molecule has 0 saturated carbocycles. The molecule has 3 aromatic rings. The minimum Gasteiger partial charge on any atom is -0.494 e. The number of nitrogens with two attached hydrogens (primary N) is 1. The van der Waals surface area contributed by atoms with Gasteiger partial charge in [0.1, 0.15) is 34.6 Å². The Hall–Kier alpha value is -4.15. The first-order valence-electron chi connectivity index (χ1n) is 11.5. The summed E-state index contributed by atoms with van der Waals surface area (Å²) >= 11 is 5.85. The van der Waals surface area contributed by atoms with Crippen LogP contribution in [0.15, 0.2) is 78.2 Å². The Morgan fingerprint density at radius 3 is 2.39 bits per heavy atom. The van der Waals surface area contributed by atoms with Gasteiger partial charge in [0.15, 0.2) is 6.61 Å². The lowest BCUT2D eigenvalue weighted by Crippen LogP contribution is -2.21. The highest BCUT2D eigenvalue weighted by molar-refractivity contribution is 6.30. The van der Waals surface area contributed by atoms with Crippen molar-refractivity contribution in [2.45, 2.75) is 25.7 Å². The van der Waals surface area contributed by atoms with Gasteiger partial charge in [0.25, 0.3) is 0 Å². The fourth-order valence-corrected chi connectivity index (χ4v) is 3.89. The molecule has 0 saturated heterocycles. The van der Waals surface area contributed by atoms with Crippen LogP contribution in [0.1, 0.15) is 36.8 Å². The molecule has 4 rings (SSSR count). The number of benzene rings is 3. The molecule has 0 aromatic heterocycles. The Morgan fingerprint density at radius 2 is 1.69 bits per heavy atom. The summed E-state index contributed by atoms with van der Waals surface area (Å²) in [7, 11) is 0. The zero-order chi connectivity index (χ0) is 25.5. The number of halogens is 1. The van der Waals surface area contributed by atoms with E-state index in [2.05, 4.69) is 13.0 Å². The Bertz CT molecular complexity index is 1300. The minimum atomic E-state index is -0.586. The van der Waals surface area contributed by atoms with Crippen LogP contribution in [-0.4, -0.2) is 19.2 Å². The molecule has 0 spiro atoms. The topological polar surface area (TPSA) is 104 Å². The molecule has 1 atom stereocenters. The fraction of sp³-hybridized carbons (Fsp3) is 0.214. The summed E-state index contributed by atoms with van der Waals surface area (Å²) in [5, 5.41) is 10.3. The predicted octanol–water partition coefficient (Wildman–Crippen LogP) is 5.72. The molecule has 0 radical (unpaired) electrons. The highest BCUT2D eigenvalue weighted by atomic mass is 35.5. The normalized spacial score (nSPS) is 14.3. The summed E-state index contributed by atoms with van der Waals surface area (Å²) < 4.78 is 22.3. The number of ether oxygens (including phenoxy) is 4. The van der Waals surface area contributed by atoms with Crippen molar-refractivity contribution in [3.63, 3.8) is 0 Å². The van der Waals surface area contributed by atoms with Crippen LogP contribution in [-0.2, 0) is 4.79 Å². The van der Waals surface area contributed by atoms with Gasteiger partial charge in [-0.2, -0.15) is 5.26 Å². The van der Waals surface area contributed by atoms with Crippen LogP contribution >= 0.6 is 11.6 Å². The zero-order valence-electron chi connectivity index (χ0n) is 19.7. The van der Waals surface area contributed by atoms with Gasteiger partial charge < -0.3 is 24.7 Å². The molecule has 1 aliphatic rings. The van der Waals surface area contributed by atoms with E-state index >= 15 is 0 Å². The molecule has 3 aromatic carbocycles. The van der Waals surface area contributed by atoms with Gasteiger partial charge in [-0.15, -0.1) is 0 Å². The predicted molar refractivity (Wildman–Crippen MR) is 135 cm³/mol. The standard InChI is InChI=1S/C28H25ClN2O5/c1-2-3-14-33-20-8-4-18(5-9-20)27-23-13-12-22(15-25(23)36-28(31)24(27)16-30)35-26(32)17-34-21-10-6-19(29)7-11-21/h4-13,15,27H,2-3,14,17,31H2,1H3. The maximum Gasteiger partial charge on any atom is 0.349 e. The average Bonchev–Trinajstić information content (AvgIpc) is 2.88. The van der Waals surface area contributed by atoms with Crippen LogP contribution in [0.25, 0.3) is 0 Å². The number of rotatable bonds is 9. The van der Waals surface area contributed by atoms with Crippen LogP contribution < -0.4 is 24.7 Å². The molecule has 2 N–H and O–H groups in total. The molecule has 1 unspecified atom stereocenters. The third-order valence-corrected chi connectivity index (χ3v) is 5.82. The van der Waals surface area contributed by atoms with Crippen molar-refractivity contribution in [3.05, 3.63) is 94.3 Å². The van der Waals surface area contributed by atoms with E-state index < -0.39 is 11.9 Å². The van der Waals surface area contributed by atoms with Crippen LogP contribution in [0, 0.1) is 11.3 Å². The van der Waals surface area contributed by atoms with Crippen molar-refractivity contribution in [2.75, 3.05) is 13.2 Å². The van der Waals surface area contributed by atoms with E-state index in [9.17, 15) is 10.1 Å². The molecule has 184 valence electrons. The number of esters is 1. The van der Waals surface area contributed by atoms with E-state index in [0.717, 1.165) is 29.7 Å². The quantitative estimate of drug-likeness (QED) is 0.226. The van der Waals surface area contributed by atoms with Crippen molar-refractivity contribution >= 4 is 17.6 Å².